The van der Waals surface area contributed by atoms with Crippen molar-refractivity contribution >= 4 is 38.6 Å². The van der Waals surface area contributed by atoms with E-state index < -0.39 is 0 Å². The normalized spacial score (nSPS) is 14.7. The molecule has 1 N–H and O–H groups in total. The number of pyridine rings is 2. The average Bonchev–Trinajstić information content (AvgIpc) is 2.67. The van der Waals surface area contributed by atoms with Crippen LogP contribution in [0.2, 0.25) is 0 Å². The Morgan fingerprint density at radius 1 is 1.08 bits per heavy atom. The first-order valence-corrected chi connectivity index (χ1v) is 9.19. The van der Waals surface area contributed by atoms with Gasteiger partial charge in [0.15, 0.2) is 0 Å². The summed E-state index contributed by atoms with van der Waals surface area (Å²) in [6.07, 6.45) is 1.77. The lowest BCUT2D eigenvalue weighted by molar-refractivity contribution is 0.0748. The van der Waals surface area contributed by atoms with Crippen LogP contribution in [0.1, 0.15) is 10.4 Å². The lowest BCUT2D eigenvalue weighted by Gasteiger charge is -2.35. The predicted octanol–water partition coefficient (Wildman–Crippen LogP) is 2.65. The molecule has 3 aromatic rings. The summed E-state index contributed by atoms with van der Waals surface area (Å²) in [7, 11) is 0. The fourth-order valence-corrected chi connectivity index (χ4v) is 3.48. The van der Waals surface area contributed by atoms with Gasteiger partial charge in [-0.05, 0) is 34.1 Å². The molecule has 0 bridgehead atoms. The SMILES string of the molecule is O=C(c1cc(=O)[nH]c2ccccc12)N1CCN(c2ccc(Br)cn2)CC1. The Morgan fingerprint density at radius 2 is 1.85 bits per heavy atom. The number of para-hydroxylation sites is 1. The largest absolute Gasteiger partial charge is 0.353 e. The number of H-pyrrole nitrogens is 1. The number of nitrogens with one attached hydrogen (secondary N) is 1. The Balaban J connectivity index is 1.54. The first-order valence-electron chi connectivity index (χ1n) is 8.40. The van der Waals surface area contributed by atoms with E-state index in [1.165, 1.54) is 6.07 Å². The highest BCUT2D eigenvalue weighted by molar-refractivity contribution is 9.10. The highest BCUT2D eigenvalue weighted by atomic mass is 79.9. The maximum absolute atomic E-state index is 13.0. The number of rotatable bonds is 2. The van der Waals surface area contributed by atoms with Crippen LogP contribution in [0.4, 0.5) is 5.82 Å². The molecule has 1 amide bonds. The number of aromatic amines is 1. The highest BCUT2D eigenvalue weighted by Crippen LogP contribution is 2.20. The van der Waals surface area contributed by atoms with Crippen molar-refractivity contribution in [1.82, 2.24) is 14.9 Å². The fourth-order valence-electron chi connectivity index (χ4n) is 3.25. The topological polar surface area (TPSA) is 69.3 Å². The van der Waals surface area contributed by atoms with Crippen molar-refractivity contribution < 1.29 is 4.79 Å². The summed E-state index contributed by atoms with van der Waals surface area (Å²) in [5.41, 5.74) is 0.880. The van der Waals surface area contributed by atoms with Gasteiger partial charge in [0.05, 0.1) is 5.56 Å². The first-order chi connectivity index (χ1) is 12.6. The molecule has 0 unspecified atom stereocenters. The van der Waals surface area contributed by atoms with Crippen molar-refractivity contribution in [1.29, 1.82) is 0 Å². The van der Waals surface area contributed by atoms with E-state index in [1.54, 1.807) is 11.1 Å². The molecule has 7 heteroatoms. The van der Waals surface area contributed by atoms with E-state index in [2.05, 4.69) is 30.8 Å². The number of nitrogens with zero attached hydrogens (tertiary/aromatic N) is 3. The van der Waals surface area contributed by atoms with Gasteiger partial charge in [0, 0.05) is 53.8 Å². The number of benzene rings is 1. The number of hydrogen-bond acceptors (Lipinski definition) is 4. The standard InChI is InChI=1S/C19H17BrN4O2/c20-13-5-6-17(21-12-13)23-7-9-24(10-8-23)19(26)15-11-18(25)22-16-4-2-1-3-14(15)16/h1-6,11-12H,7-10H2,(H,22,25). The molecule has 0 aliphatic carbocycles. The summed E-state index contributed by atoms with van der Waals surface area (Å²) in [4.78, 5) is 36.0. The molecule has 132 valence electrons. The zero-order valence-electron chi connectivity index (χ0n) is 14.0. The molecule has 1 aliphatic rings. The smallest absolute Gasteiger partial charge is 0.254 e. The molecule has 0 saturated carbocycles. The van der Waals surface area contributed by atoms with Crippen LogP contribution < -0.4 is 10.5 Å². The van der Waals surface area contributed by atoms with E-state index in [0.717, 1.165) is 15.7 Å². The number of piperazine rings is 1. The van der Waals surface area contributed by atoms with Crippen molar-refractivity contribution in [3.05, 3.63) is 69.1 Å². The molecule has 4 rings (SSSR count). The summed E-state index contributed by atoms with van der Waals surface area (Å²) in [6.45, 7) is 2.61. The zero-order valence-corrected chi connectivity index (χ0v) is 15.6. The van der Waals surface area contributed by atoms with E-state index in [1.807, 2.05) is 36.4 Å². The third kappa shape index (κ3) is 3.22. The third-order valence-corrected chi connectivity index (χ3v) is 5.05. The van der Waals surface area contributed by atoms with Gasteiger partial charge in [0.25, 0.3) is 5.91 Å². The van der Waals surface area contributed by atoms with Crippen molar-refractivity contribution in [2.45, 2.75) is 0 Å². The molecule has 2 aromatic heterocycles. The van der Waals surface area contributed by atoms with Crippen molar-refractivity contribution in [2.24, 2.45) is 0 Å². The number of carbonyl (C=O) groups excluding carboxylic acids is 1. The molecule has 1 aliphatic heterocycles. The minimum Gasteiger partial charge on any atom is -0.353 e. The summed E-state index contributed by atoms with van der Waals surface area (Å²) < 4.78 is 0.941. The van der Waals surface area contributed by atoms with Crippen LogP contribution >= 0.6 is 15.9 Å². The van der Waals surface area contributed by atoms with Crippen molar-refractivity contribution in [3.63, 3.8) is 0 Å². The molecule has 0 spiro atoms. The number of hydrogen-bond donors (Lipinski definition) is 1. The quantitative estimate of drug-likeness (QED) is 0.702. The van der Waals surface area contributed by atoms with Gasteiger partial charge in [-0.2, -0.15) is 0 Å². The molecule has 1 saturated heterocycles. The summed E-state index contributed by atoms with van der Waals surface area (Å²) in [5, 5.41) is 0.772. The number of fused-ring (bicyclic) bond motifs is 1. The van der Waals surface area contributed by atoms with E-state index >= 15 is 0 Å². The Labute approximate surface area is 158 Å². The third-order valence-electron chi connectivity index (χ3n) is 4.58. The molecule has 0 radical (unpaired) electrons. The second kappa shape index (κ2) is 6.92. The molecule has 0 atom stereocenters. The van der Waals surface area contributed by atoms with Gasteiger partial charge in [-0.1, -0.05) is 18.2 Å². The molecular weight excluding hydrogens is 396 g/mol. The van der Waals surface area contributed by atoms with E-state index in [4.69, 9.17) is 0 Å². The van der Waals surface area contributed by atoms with Crippen LogP contribution in [-0.2, 0) is 0 Å². The summed E-state index contributed by atoms with van der Waals surface area (Å²) >= 11 is 3.39. The monoisotopic (exact) mass is 412 g/mol. The Morgan fingerprint density at radius 3 is 2.58 bits per heavy atom. The van der Waals surface area contributed by atoms with Crippen LogP contribution in [0.15, 0.2) is 57.9 Å². The molecule has 3 heterocycles. The van der Waals surface area contributed by atoms with Gasteiger partial charge in [0.1, 0.15) is 5.82 Å². The van der Waals surface area contributed by atoms with Crippen LogP contribution in [0, 0.1) is 0 Å². The second-order valence-electron chi connectivity index (χ2n) is 6.21. The minimum absolute atomic E-state index is 0.101. The first kappa shape index (κ1) is 16.8. The number of anilines is 1. The average molecular weight is 413 g/mol. The molecular formula is C19H17BrN4O2. The summed E-state index contributed by atoms with van der Waals surface area (Å²) in [6, 6.07) is 12.7. The molecule has 1 aromatic carbocycles. The lowest BCUT2D eigenvalue weighted by atomic mass is 10.1. The molecule has 1 fully saturated rings. The number of carbonyl (C=O) groups is 1. The van der Waals surface area contributed by atoms with Gasteiger partial charge in [-0.15, -0.1) is 0 Å². The number of amides is 1. The van der Waals surface area contributed by atoms with Crippen LogP contribution in [0.3, 0.4) is 0 Å². The second-order valence-corrected chi connectivity index (χ2v) is 7.12. The molecule has 26 heavy (non-hydrogen) atoms. The van der Waals surface area contributed by atoms with Gasteiger partial charge >= 0.3 is 0 Å². The Bertz CT molecular complexity index is 1010. The zero-order chi connectivity index (χ0) is 18.1. The van der Waals surface area contributed by atoms with E-state index in [0.29, 0.717) is 37.3 Å². The fraction of sp³-hybridized carbons (Fsp3) is 0.211. The van der Waals surface area contributed by atoms with E-state index in [9.17, 15) is 9.59 Å². The lowest BCUT2D eigenvalue weighted by Crippen LogP contribution is -2.49. The van der Waals surface area contributed by atoms with Crippen LogP contribution in [0.5, 0.6) is 0 Å². The van der Waals surface area contributed by atoms with Gasteiger partial charge in [0.2, 0.25) is 5.56 Å². The maximum atomic E-state index is 13.0. The minimum atomic E-state index is -0.259. The van der Waals surface area contributed by atoms with E-state index in [-0.39, 0.29) is 11.5 Å². The molecule has 6 nitrogen and oxygen atoms in total. The number of halogens is 1. The Kier molecular flexibility index (Phi) is 4.46. The maximum Gasteiger partial charge on any atom is 0.254 e. The number of aromatic nitrogens is 2. The van der Waals surface area contributed by atoms with Gasteiger partial charge in [-0.25, -0.2) is 4.98 Å². The predicted molar refractivity (Wildman–Crippen MR) is 105 cm³/mol. The van der Waals surface area contributed by atoms with Crippen molar-refractivity contribution in [3.8, 4) is 0 Å². The summed E-state index contributed by atoms with van der Waals surface area (Å²) in [5.74, 6) is 0.803. The highest BCUT2D eigenvalue weighted by Gasteiger charge is 2.24. The van der Waals surface area contributed by atoms with Crippen LogP contribution in [0.25, 0.3) is 10.9 Å². The van der Waals surface area contributed by atoms with Crippen LogP contribution in [-0.4, -0.2) is 47.0 Å². The van der Waals surface area contributed by atoms with Crippen molar-refractivity contribution in [2.75, 3.05) is 31.1 Å². The van der Waals surface area contributed by atoms with Gasteiger partial charge in [-0.3, -0.25) is 9.59 Å². The van der Waals surface area contributed by atoms with Gasteiger partial charge < -0.3 is 14.8 Å². The Hall–Kier alpha value is -2.67.